The average Bonchev–Trinajstić information content (AvgIpc) is 2.85. The predicted molar refractivity (Wildman–Crippen MR) is 148 cm³/mol. The number of halogens is 1. The first-order chi connectivity index (χ1) is 16.0. The number of benzene rings is 2. The lowest BCUT2D eigenvalue weighted by molar-refractivity contribution is -0.00834. The second-order valence-corrected chi connectivity index (χ2v) is 9.12. The zero-order valence-electron chi connectivity index (χ0n) is 20.5. The molecule has 2 aromatic carbocycles. The number of guanidine groups is 1. The van der Waals surface area contributed by atoms with Gasteiger partial charge >= 0.3 is 0 Å². The first kappa shape index (κ1) is 26.5. The van der Waals surface area contributed by atoms with Crippen LogP contribution in [0.1, 0.15) is 58.0 Å². The summed E-state index contributed by atoms with van der Waals surface area (Å²) < 4.78 is 6.10. The van der Waals surface area contributed by atoms with E-state index in [0.29, 0.717) is 13.2 Å². The van der Waals surface area contributed by atoms with E-state index in [0.717, 1.165) is 56.1 Å². The minimum Gasteiger partial charge on any atom is -0.370 e. The fraction of sp³-hybridized carbons (Fsp3) is 0.481. The second-order valence-electron chi connectivity index (χ2n) is 9.12. The lowest BCUT2D eigenvalue weighted by atomic mass is 10.00. The lowest BCUT2D eigenvalue weighted by Crippen LogP contribution is -2.48. The number of aryl methyl sites for hydroxylation is 2. The van der Waals surface area contributed by atoms with E-state index in [9.17, 15) is 4.79 Å². The molecular formula is C27H37IN4O2. The van der Waals surface area contributed by atoms with Crippen molar-refractivity contribution >= 4 is 35.8 Å². The zero-order chi connectivity index (χ0) is 23.2. The van der Waals surface area contributed by atoms with Crippen molar-refractivity contribution in [1.82, 2.24) is 15.1 Å². The molecule has 2 aliphatic heterocycles. The zero-order valence-corrected chi connectivity index (χ0v) is 22.9. The van der Waals surface area contributed by atoms with Crippen molar-refractivity contribution in [3.8, 4) is 0 Å². The Morgan fingerprint density at radius 1 is 1.03 bits per heavy atom. The van der Waals surface area contributed by atoms with Crippen LogP contribution >= 0.6 is 24.0 Å². The van der Waals surface area contributed by atoms with E-state index < -0.39 is 0 Å². The molecule has 2 aliphatic rings. The monoisotopic (exact) mass is 576 g/mol. The van der Waals surface area contributed by atoms with Gasteiger partial charge in [0.15, 0.2) is 5.96 Å². The third-order valence-electron chi connectivity index (χ3n) is 6.64. The molecule has 0 spiro atoms. The van der Waals surface area contributed by atoms with Crippen LogP contribution in [0.5, 0.6) is 0 Å². The number of morpholine rings is 1. The van der Waals surface area contributed by atoms with Crippen molar-refractivity contribution in [2.45, 2.75) is 45.8 Å². The number of rotatable bonds is 4. The Bertz CT molecular complexity index is 987. The number of likely N-dealkylation sites (tertiary alicyclic amines) is 1. The average molecular weight is 577 g/mol. The number of nitrogens with zero attached hydrogens (tertiary/aromatic N) is 3. The van der Waals surface area contributed by atoms with Gasteiger partial charge < -0.3 is 19.9 Å². The number of carbonyl (C=O) groups excluding carboxylic acids is 1. The van der Waals surface area contributed by atoms with Gasteiger partial charge in [-0.15, -0.1) is 24.0 Å². The molecule has 0 bridgehead atoms. The predicted octanol–water partition coefficient (Wildman–Crippen LogP) is 4.70. The van der Waals surface area contributed by atoms with E-state index in [2.05, 4.69) is 47.3 Å². The molecule has 0 aliphatic carbocycles. The number of hydrogen-bond acceptors (Lipinski definition) is 3. The number of amides is 1. The summed E-state index contributed by atoms with van der Waals surface area (Å²) in [6.07, 6.45) is 3.49. The molecule has 2 heterocycles. The van der Waals surface area contributed by atoms with Crippen LogP contribution < -0.4 is 5.32 Å². The van der Waals surface area contributed by atoms with Crippen LogP contribution in [0.3, 0.4) is 0 Å². The Hall–Kier alpha value is -2.13. The molecule has 2 fully saturated rings. The van der Waals surface area contributed by atoms with Crippen molar-refractivity contribution in [1.29, 1.82) is 0 Å². The van der Waals surface area contributed by atoms with Crippen LogP contribution in [0.2, 0.25) is 0 Å². The van der Waals surface area contributed by atoms with Gasteiger partial charge in [0.1, 0.15) is 6.10 Å². The normalized spacial score (nSPS) is 18.9. The molecule has 2 aromatic rings. The molecule has 6 nitrogen and oxygen atoms in total. The van der Waals surface area contributed by atoms with E-state index in [1.54, 1.807) is 0 Å². The SMILES string of the molecule is CN=C(NCc1ccc(C(=O)N2CCCCC2)cc1)N1CCOC(c2ccc(C)cc2C)C1.I. The molecule has 2 saturated heterocycles. The van der Waals surface area contributed by atoms with Gasteiger partial charge in [-0.05, 0) is 61.9 Å². The summed E-state index contributed by atoms with van der Waals surface area (Å²) in [6, 6.07) is 14.5. The number of carbonyl (C=O) groups is 1. The van der Waals surface area contributed by atoms with Crippen molar-refractivity contribution < 1.29 is 9.53 Å². The first-order valence-corrected chi connectivity index (χ1v) is 12.1. The minimum atomic E-state index is 0. The summed E-state index contributed by atoms with van der Waals surface area (Å²) in [5, 5.41) is 3.49. The first-order valence-electron chi connectivity index (χ1n) is 12.1. The lowest BCUT2D eigenvalue weighted by Gasteiger charge is -2.36. The fourth-order valence-corrected chi connectivity index (χ4v) is 4.77. The molecular weight excluding hydrogens is 539 g/mol. The Kier molecular flexibility index (Phi) is 9.76. The number of hydrogen-bond donors (Lipinski definition) is 1. The van der Waals surface area contributed by atoms with E-state index >= 15 is 0 Å². The van der Waals surface area contributed by atoms with Gasteiger partial charge in [0, 0.05) is 38.8 Å². The topological polar surface area (TPSA) is 57.2 Å². The van der Waals surface area contributed by atoms with E-state index in [1.807, 2.05) is 36.2 Å². The maximum Gasteiger partial charge on any atom is 0.253 e. The standard InChI is InChI=1S/C27H36N4O2.HI/c1-20-7-12-24(21(2)17-20)25-19-31(15-16-33-25)27(28-3)29-18-22-8-10-23(11-9-22)26(32)30-13-5-4-6-14-30;/h7-12,17,25H,4-6,13-16,18-19H2,1-3H3,(H,28,29);1H. The number of ether oxygens (including phenoxy) is 1. The molecule has 1 N–H and O–H groups in total. The van der Waals surface area contributed by atoms with Crippen LogP contribution in [0, 0.1) is 13.8 Å². The highest BCUT2D eigenvalue weighted by atomic mass is 127. The summed E-state index contributed by atoms with van der Waals surface area (Å²) in [4.78, 5) is 21.4. The maximum atomic E-state index is 12.7. The molecule has 34 heavy (non-hydrogen) atoms. The molecule has 0 saturated carbocycles. The fourth-order valence-electron chi connectivity index (χ4n) is 4.77. The van der Waals surface area contributed by atoms with Crippen LogP contribution in [0.25, 0.3) is 0 Å². The van der Waals surface area contributed by atoms with E-state index in [1.165, 1.54) is 23.1 Å². The molecule has 7 heteroatoms. The van der Waals surface area contributed by atoms with E-state index in [-0.39, 0.29) is 36.0 Å². The third kappa shape index (κ3) is 6.50. The van der Waals surface area contributed by atoms with Gasteiger partial charge in [-0.2, -0.15) is 0 Å². The van der Waals surface area contributed by atoms with Gasteiger partial charge in [0.25, 0.3) is 5.91 Å². The quantitative estimate of drug-likeness (QED) is 0.326. The second kappa shape index (κ2) is 12.5. The van der Waals surface area contributed by atoms with Gasteiger partial charge in [0.05, 0.1) is 13.2 Å². The molecule has 0 aromatic heterocycles. The number of piperidine rings is 1. The van der Waals surface area contributed by atoms with Crippen LogP contribution in [0.4, 0.5) is 0 Å². The summed E-state index contributed by atoms with van der Waals surface area (Å²) in [7, 11) is 1.82. The Morgan fingerprint density at radius 2 is 1.76 bits per heavy atom. The van der Waals surface area contributed by atoms with Crippen molar-refractivity contribution in [3.05, 3.63) is 70.3 Å². The summed E-state index contributed by atoms with van der Waals surface area (Å²) in [5.41, 5.74) is 5.68. The summed E-state index contributed by atoms with van der Waals surface area (Å²) in [6.45, 7) is 8.94. The van der Waals surface area contributed by atoms with Gasteiger partial charge in [-0.3, -0.25) is 9.79 Å². The van der Waals surface area contributed by atoms with Crippen LogP contribution in [0.15, 0.2) is 47.5 Å². The smallest absolute Gasteiger partial charge is 0.253 e. The highest BCUT2D eigenvalue weighted by Crippen LogP contribution is 2.26. The largest absolute Gasteiger partial charge is 0.370 e. The molecule has 4 rings (SSSR count). The number of aliphatic imine (C=N–C) groups is 1. The van der Waals surface area contributed by atoms with Gasteiger partial charge in [-0.25, -0.2) is 0 Å². The minimum absolute atomic E-state index is 0. The molecule has 1 atom stereocenters. The molecule has 1 amide bonds. The molecule has 184 valence electrons. The number of nitrogens with one attached hydrogen (secondary N) is 1. The van der Waals surface area contributed by atoms with Crippen molar-refractivity contribution in [3.63, 3.8) is 0 Å². The van der Waals surface area contributed by atoms with Crippen molar-refractivity contribution in [2.75, 3.05) is 39.8 Å². The highest BCUT2D eigenvalue weighted by molar-refractivity contribution is 14.0. The Labute approximate surface area is 220 Å². The van der Waals surface area contributed by atoms with Crippen LogP contribution in [-0.2, 0) is 11.3 Å². The highest BCUT2D eigenvalue weighted by Gasteiger charge is 2.25. The van der Waals surface area contributed by atoms with Gasteiger partial charge in [0.2, 0.25) is 0 Å². The van der Waals surface area contributed by atoms with Crippen LogP contribution in [-0.4, -0.2) is 61.5 Å². The van der Waals surface area contributed by atoms with E-state index in [4.69, 9.17) is 4.74 Å². The summed E-state index contributed by atoms with van der Waals surface area (Å²) in [5.74, 6) is 1.03. The molecule has 0 radical (unpaired) electrons. The third-order valence-corrected chi connectivity index (χ3v) is 6.64. The van der Waals surface area contributed by atoms with Crippen molar-refractivity contribution in [2.24, 2.45) is 4.99 Å². The maximum absolute atomic E-state index is 12.7. The van der Waals surface area contributed by atoms with Gasteiger partial charge in [-0.1, -0.05) is 35.9 Å². The molecule has 1 unspecified atom stereocenters. The Morgan fingerprint density at radius 3 is 2.44 bits per heavy atom. The Balaban J connectivity index is 0.00000324. The summed E-state index contributed by atoms with van der Waals surface area (Å²) >= 11 is 0.